The van der Waals surface area contributed by atoms with Gasteiger partial charge in [-0.1, -0.05) is 30.3 Å². The molecule has 0 aliphatic heterocycles. The molecule has 0 bridgehead atoms. The molecule has 0 radical (unpaired) electrons. The first kappa shape index (κ1) is 21.8. The molecule has 3 rings (SSSR count). The predicted octanol–water partition coefficient (Wildman–Crippen LogP) is 5.44. The van der Waals surface area contributed by atoms with Crippen LogP contribution in [0, 0.1) is 6.92 Å². The maximum atomic E-state index is 12.2. The first-order valence-corrected chi connectivity index (χ1v) is 9.91. The molecule has 5 nitrogen and oxygen atoms in total. The standard InChI is InChI=1S/C26H25NO4/c1-18-6-4-5-7-22(18)17-31-24-14-8-20(16-25(24)30-3)9-15-26(29)27-23-12-10-21(11-13-23)19(2)28/h4-16H,17H2,1-3H3,(H,27,29). The van der Waals surface area contributed by atoms with Gasteiger partial charge in [-0.05, 0) is 73.0 Å². The lowest BCUT2D eigenvalue weighted by Crippen LogP contribution is -2.07. The normalized spacial score (nSPS) is 10.7. The number of rotatable bonds is 8. The molecular formula is C26H25NO4. The molecular weight excluding hydrogens is 390 g/mol. The van der Waals surface area contributed by atoms with Crippen molar-refractivity contribution < 1.29 is 19.1 Å². The monoisotopic (exact) mass is 415 g/mol. The van der Waals surface area contributed by atoms with E-state index in [0.29, 0.717) is 29.4 Å². The van der Waals surface area contributed by atoms with Crippen molar-refractivity contribution >= 4 is 23.5 Å². The highest BCUT2D eigenvalue weighted by molar-refractivity contribution is 6.02. The summed E-state index contributed by atoms with van der Waals surface area (Å²) < 4.78 is 11.4. The molecule has 31 heavy (non-hydrogen) atoms. The number of aryl methyl sites for hydroxylation is 1. The molecule has 1 amide bonds. The Kier molecular flexibility index (Phi) is 7.22. The molecule has 0 saturated heterocycles. The molecule has 3 aromatic carbocycles. The van der Waals surface area contributed by atoms with E-state index in [1.54, 1.807) is 37.5 Å². The number of anilines is 1. The van der Waals surface area contributed by atoms with Crippen LogP contribution in [0.15, 0.2) is 72.8 Å². The quantitative estimate of drug-likeness (QED) is 0.393. The molecule has 0 aliphatic rings. The van der Waals surface area contributed by atoms with Crippen LogP contribution in [0.1, 0.15) is 34.0 Å². The second-order valence-corrected chi connectivity index (χ2v) is 7.08. The molecule has 3 aromatic rings. The summed E-state index contributed by atoms with van der Waals surface area (Å²) in [6.07, 6.45) is 3.15. The van der Waals surface area contributed by atoms with Gasteiger partial charge < -0.3 is 14.8 Å². The minimum atomic E-state index is -0.269. The van der Waals surface area contributed by atoms with E-state index in [1.807, 2.05) is 49.4 Å². The summed E-state index contributed by atoms with van der Waals surface area (Å²) in [7, 11) is 1.58. The largest absolute Gasteiger partial charge is 0.493 e. The summed E-state index contributed by atoms with van der Waals surface area (Å²) in [5.74, 6) is 0.946. The lowest BCUT2D eigenvalue weighted by atomic mass is 10.1. The molecule has 0 aliphatic carbocycles. The topological polar surface area (TPSA) is 64.6 Å². The van der Waals surface area contributed by atoms with E-state index in [4.69, 9.17) is 9.47 Å². The van der Waals surface area contributed by atoms with Gasteiger partial charge in [-0.15, -0.1) is 0 Å². The molecule has 0 spiro atoms. The average Bonchev–Trinajstić information content (AvgIpc) is 2.77. The van der Waals surface area contributed by atoms with Gasteiger partial charge in [-0.3, -0.25) is 9.59 Å². The van der Waals surface area contributed by atoms with Crippen LogP contribution in [-0.2, 0) is 11.4 Å². The molecule has 0 heterocycles. The zero-order valence-corrected chi connectivity index (χ0v) is 17.8. The molecule has 0 unspecified atom stereocenters. The third kappa shape index (κ3) is 6.06. The number of benzene rings is 3. The van der Waals surface area contributed by atoms with Crippen molar-refractivity contribution in [1.82, 2.24) is 0 Å². The zero-order chi connectivity index (χ0) is 22.2. The van der Waals surface area contributed by atoms with Crippen molar-refractivity contribution in [3.05, 3.63) is 95.1 Å². The summed E-state index contributed by atoms with van der Waals surface area (Å²) in [4.78, 5) is 23.5. The number of nitrogens with one attached hydrogen (secondary N) is 1. The van der Waals surface area contributed by atoms with Crippen LogP contribution in [0.2, 0.25) is 0 Å². The Morgan fingerprint density at radius 2 is 1.71 bits per heavy atom. The van der Waals surface area contributed by atoms with Crippen LogP contribution in [0.3, 0.4) is 0 Å². The predicted molar refractivity (Wildman–Crippen MR) is 123 cm³/mol. The van der Waals surface area contributed by atoms with Crippen LogP contribution in [0.5, 0.6) is 11.5 Å². The fourth-order valence-electron chi connectivity index (χ4n) is 2.98. The summed E-state index contributed by atoms with van der Waals surface area (Å²) in [5, 5.41) is 2.77. The number of carbonyl (C=O) groups excluding carboxylic acids is 2. The van der Waals surface area contributed by atoms with Gasteiger partial charge in [-0.2, -0.15) is 0 Å². The maximum absolute atomic E-state index is 12.2. The first-order valence-electron chi connectivity index (χ1n) is 9.91. The highest BCUT2D eigenvalue weighted by atomic mass is 16.5. The Balaban J connectivity index is 1.63. The van der Waals surface area contributed by atoms with Gasteiger partial charge in [0.25, 0.3) is 0 Å². The second-order valence-electron chi connectivity index (χ2n) is 7.08. The van der Waals surface area contributed by atoms with E-state index >= 15 is 0 Å². The van der Waals surface area contributed by atoms with E-state index in [-0.39, 0.29) is 11.7 Å². The van der Waals surface area contributed by atoms with Crippen molar-refractivity contribution in [2.24, 2.45) is 0 Å². The van der Waals surface area contributed by atoms with Crippen molar-refractivity contribution in [2.75, 3.05) is 12.4 Å². The van der Waals surface area contributed by atoms with E-state index in [9.17, 15) is 9.59 Å². The summed E-state index contributed by atoms with van der Waals surface area (Å²) in [6.45, 7) is 4.00. The van der Waals surface area contributed by atoms with Gasteiger partial charge in [0.15, 0.2) is 17.3 Å². The molecule has 0 fully saturated rings. The van der Waals surface area contributed by atoms with Gasteiger partial charge in [-0.25, -0.2) is 0 Å². The third-order valence-electron chi connectivity index (χ3n) is 4.82. The molecule has 158 valence electrons. The van der Waals surface area contributed by atoms with Crippen molar-refractivity contribution in [3.63, 3.8) is 0 Å². The molecule has 0 atom stereocenters. The van der Waals surface area contributed by atoms with Gasteiger partial charge in [0, 0.05) is 17.3 Å². The Morgan fingerprint density at radius 3 is 2.39 bits per heavy atom. The van der Waals surface area contributed by atoms with Crippen LogP contribution in [0.4, 0.5) is 5.69 Å². The van der Waals surface area contributed by atoms with Crippen LogP contribution in [0.25, 0.3) is 6.08 Å². The fourth-order valence-corrected chi connectivity index (χ4v) is 2.98. The van der Waals surface area contributed by atoms with E-state index in [1.165, 1.54) is 18.6 Å². The SMILES string of the molecule is COc1cc(C=CC(=O)Nc2ccc(C(C)=O)cc2)ccc1OCc1ccccc1C. The van der Waals surface area contributed by atoms with Crippen LogP contribution < -0.4 is 14.8 Å². The Labute approximate surface area is 182 Å². The molecule has 1 N–H and O–H groups in total. The van der Waals surface area contributed by atoms with Crippen molar-refractivity contribution in [2.45, 2.75) is 20.5 Å². The fraction of sp³-hybridized carbons (Fsp3) is 0.154. The smallest absolute Gasteiger partial charge is 0.248 e. The second kappa shape index (κ2) is 10.3. The van der Waals surface area contributed by atoms with Crippen LogP contribution >= 0.6 is 0 Å². The van der Waals surface area contributed by atoms with Crippen molar-refractivity contribution in [3.8, 4) is 11.5 Å². The number of hydrogen-bond acceptors (Lipinski definition) is 4. The molecule has 0 saturated carbocycles. The number of ether oxygens (including phenoxy) is 2. The van der Waals surface area contributed by atoms with E-state index in [2.05, 4.69) is 5.32 Å². The summed E-state index contributed by atoms with van der Waals surface area (Å²) >= 11 is 0. The average molecular weight is 415 g/mol. The minimum absolute atomic E-state index is 0.0157. The lowest BCUT2D eigenvalue weighted by molar-refractivity contribution is -0.111. The number of ketones is 1. The highest BCUT2D eigenvalue weighted by Crippen LogP contribution is 2.29. The summed E-state index contributed by atoms with van der Waals surface area (Å²) in [6, 6.07) is 20.3. The zero-order valence-electron chi connectivity index (χ0n) is 17.8. The number of Topliss-reactive ketones (excluding diaryl/α,β-unsaturated/α-hetero) is 1. The van der Waals surface area contributed by atoms with Gasteiger partial charge in [0.2, 0.25) is 5.91 Å². The summed E-state index contributed by atoms with van der Waals surface area (Å²) in [5.41, 5.74) is 4.31. The third-order valence-corrected chi connectivity index (χ3v) is 4.82. The van der Waals surface area contributed by atoms with E-state index < -0.39 is 0 Å². The number of carbonyl (C=O) groups is 2. The first-order chi connectivity index (χ1) is 15.0. The Morgan fingerprint density at radius 1 is 0.968 bits per heavy atom. The van der Waals surface area contributed by atoms with Gasteiger partial charge in [0.05, 0.1) is 7.11 Å². The highest BCUT2D eigenvalue weighted by Gasteiger charge is 2.07. The van der Waals surface area contributed by atoms with Gasteiger partial charge >= 0.3 is 0 Å². The maximum Gasteiger partial charge on any atom is 0.248 e. The Bertz CT molecular complexity index is 1100. The van der Waals surface area contributed by atoms with Gasteiger partial charge in [0.1, 0.15) is 6.61 Å². The number of hydrogen-bond donors (Lipinski definition) is 1. The molecule has 0 aromatic heterocycles. The minimum Gasteiger partial charge on any atom is -0.493 e. The lowest BCUT2D eigenvalue weighted by Gasteiger charge is -2.12. The Hall–Kier alpha value is -3.86. The number of amides is 1. The number of methoxy groups -OCH3 is 1. The van der Waals surface area contributed by atoms with Crippen LogP contribution in [-0.4, -0.2) is 18.8 Å². The van der Waals surface area contributed by atoms with Crippen molar-refractivity contribution in [1.29, 1.82) is 0 Å². The van der Waals surface area contributed by atoms with E-state index in [0.717, 1.165) is 11.1 Å². The molecule has 5 heteroatoms.